The fourth-order valence-electron chi connectivity index (χ4n) is 0.773. The molecule has 0 aliphatic rings. The predicted molar refractivity (Wildman–Crippen MR) is 44.5 cm³/mol. The molecule has 0 atom stereocenters. The van der Waals surface area contributed by atoms with Crippen LogP contribution in [0.4, 0.5) is 0 Å². The van der Waals surface area contributed by atoms with Crippen LogP contribution < -0.4 is 4.74 Å². The topological polar surface area (TPSA) is 61.3 Å². The van der Waals surface area contributed by atoms with Crippen LogP contribution >= 0.6 is 0 Å². The Bertz CT molecular complexity index is 301. The normalized spacial score (nSPS) is 9.38. The molecule has 1 aromatic rings. The summed E-state index contributed by atoms with van der Waals surface area (Å²) in [6.07, 6.45) is 1.33. The second-order valence-corrected chi connectivity index (χ2v) is 2.21. The van der Waals surface area contributed by atoms with E-state index in [4.69, 9.17) is 9.47 Å². The van der Waals surface area contributed by atoms with Gasteiger partial charge in [-0.25, -0.2) is 4.79 Å². The monoisotopic (exact) mass is 182 g/mol. The Morgan fingerprint density at radius 2 is 2.38 bits per heavy atom. The van der Waals surface area contributed by atoms with Crippen LogP contribution in [0, 0.1) is 0 Å². The third kappa shape index (κ3) is 2.40. The van der Waals surface area contributed by atoms with Crippen LogP contribution in [-0.4, -0.2) is 29.9 Å². The van der Waals surface area contributed by atoms with Crippen molar-refractivity contribution in [2.75, 3.05) is 13.7 Å². The van der Waals surface area contributed by atoms with Crippen LogP contribution in [0.2, 0.25) is 0 Å². The fourth-order valence-corrected chi connectivity index (χ4v) is 0.773. The molecule has 0 fully saturated rings. The Morgan fingerprint density at radius 3 is 3.00 bits per heavy atom. The molecule has 0 aliphatic heterocycles. The number of carbonyl (C=O) groups is 1. The number of carbonyl (C=O) groups excluding carboxylic acids is 1. The van der Waals surface area contributed by atoms with Crippen molar-refractivity contribution < 1.29 is 14.3 Å². The molecular formula is C8H10N2O3. The van der Waals surface area contributed by atoms with Gasteiger partial charge in [-0.1, -0.05) is 0 Å². The van der Waals surface area contributed by atoms with Gasteiger partial charge in [-0.15, -0.1) is 5.10 Å². The van der Waals surface area contributed by atoms with Crippen molar-refractivity contribution in [3.05, 3.63) is 17.8 Å². The van der Waals surface area contributed by atoms with E-state index in [1.807, 2.05) is 0 Å². The van der Waals surface area contributed by atoms with Crippen LogP contribution in [0.1, 0.15) is 17.3 Å². The van der Waals surface area contributed by atoms with Crippen molar-refractivity contribution in [3.63, 3.8) is 0 Å². The Balaban J connectivity index is 2.82. The average molecular weight is 182 g/mol. The van der Waals surface area contributed by atoms with Crippen LogP contribution in [-0.2, 0) is 4.74 Å². The first-order valence-electron chi connectivity index (χ1n) is 3.81. The lowest BCUT2D eigenvalue weighted by atomic mass is 10.3. The summed E-state index contributed by atoms with van der Waals surface area (Å²) in [5, 5.41) is 7.20. The van der Waals surface area contributed by atoms with Gasteiger partial charge in [0.05, 0.1) is 25.5 Å². The molecule has 0 spiro atoms. The van der Waals surface area contributed by atoms with Crippen molar-refractivity contribution in [1.82, 2.24) is 10.2 Å². The Hall–Kier alpha value is -1.65. The van der Waals surface area contributed by atoms with Gasteiger partial charge in [-0.2, -0.15) is 5.10 Å². The molecule has 0 bridgehead atoms. The van der Waals surface area contributed by atoms with Crippen molar-refractivity contribution in [2.24, 2.45) is 0 Å². The van der Waals surface area contributed by atoms with Gasteiger partial charge in [0.2, 0.25) is 5.88 Å². The molecule has 0 saturated carbocycles. The lowest BCUT2D eigenvalue weighted by Gasteiger charge is -2.01. The van der Waals surface area contributed by atoms with Crippen LogP contribution in [0.15, 0.2) is 12.3 Å². The summed E-state index contributed by atoms with van der Waals surface area (Å²) in [6.45, 7) is 2.08. The van der Waals surface area contributed by atoms with Gasteiger partial charge >= 0.3 is 5.97 Å². The van der Waals surface area contributed by atoms with Crippen LogP contribution in [0.3, 0.4) is 0 Å². The quantitative estimate of drug-likeness (QED) is 0.642. The molecule has 13 heavy (non-hydrogen) atoms. The highest BCUT2D eigenvalue weighted by Crippen LogP contribution is 2.07. The van der Waals surface area contributed by atoms with E-state index in [-0.39, 0.29) is 0 Å². The van der Waals surface area contributed by atoms with Crippen molar-refractivity contribution in [3.8, 4) is 5.88 Å². The molecule has 0 unspecified atom stereocenters. The smallest absolute Gasteiger partial charge is 0.339 e. The molecule has 5 heteroatoms. The van der Waals surface area contributed by atoms with Gasteiger partial charge in [0.1, 0.15) is 0 Å². The summed E-state index contributed by atoms with van der Waals surface area (Å²) in [5.74, 6) is -0.124. The second-order valence-electron chi connectivity index (χ2n) is 2.21. The third-order valence-corrected chi connectivity index (χ3v) is 1.35. The maximum Gasteiger partial charge on any atom is 0.339 e. The molecule has 5 nitrogen and oxygen atoms in total. The van der Waals surface area contributed by atoms with E-state index in [1.54, 1.807) is 6.92 Å². The SMILES string of the molecule is CCOC(=O)c1cnnc(OC)c1. The van der Waals surface area contributed by atoms with Crippen molar-refractivity contribution in [2.45, 2.75) is 6.92 Å². The van der Waals surface area contributed by atoms with Gasteiger partial charge in [0, 0.05) is 6.07 Å². The molecule has 0 aliphatic carbocycles. The Kier molecular flexibility index (Phi) is 3.19. The largest absolute Gasteiger partial charge is 0.480 e. The van der Waals surface area contributed by atoms with Crippen molar-refractivity contribution in [1.29, 1.82) is 0 Å². The summed E-state index contributed by atoms with van der Waals surface area (Å²) < 4.78 is 9.57. The number of nitrogens with zero attached hydrogens (tertiary/aromatic N) is 2. The zero-order valence-electron chi connectivity index (χ0n) is 7.48. The lowest BCUT2D eigenvalue weighted by molar-refractivity contribution is 0.0525. The van der Waals surface area contributed by atoms with Crippen molar-refractivity contribution >= 4 is 5.97 Å². The summed E-state index contributed by atoms with van der Waals surface area (Å²) in [6, 6.07) is 1.48. The number of hydrogen-bond donors (Lipinski definition) is 0. The van der Waals surface area contributed by atoms with Gasteiger partial charge in [-0.05, 0) is 6.92 Å². The zero-order chi connectivity index (χ0) is 9.68. The first-order chi connectivity index (χ1) is 6.27. The molecule has 1 aromatic heterocycles. The maximum absolute atomic E-state index is 11.2. The first kappa shape index (κ1) is 9.44. The van der Waals surface area contributed by atoms with E-state index < -0.39 is 5.97 Å². The van der Waals surface area contributed by atoms with Gasteiger partial charge in [0.25, 0.3) is 0 Å². The molecule has 0 radical (unpaired) electrons. The summed E-state index contributed by atoms with van der Waals surface area (Å²) in [4.78, 5) is 11.2. The maximum atomic E-state index is 11.2. The summed E-state index contributed by atoms with van der Waals surface area (Å²) in [7, 11) is 1.46. The summed E-state index contributed by atoms with van der Waals surface area (Å²) >= 11 is 0. The van der Waals surface area contributed by atoms with Crippen LogP contribution in [0.25, 0.3) is 0 Å². The molecule has 1 rings (SSSR count). The lowest BCUT2D eigenvalue weighted by Crippen LogP contribution is -2.06. The Morgan fingerprint density at radius 1 is 1.62 bits per heavy atom. The number of rotatable bonds is 3. The predicted octanol–water partition coefficient (Wildman–Crippen LogP) is 0.662. The molecule has 0 N–H and O–H groups in total. The Labute approximate surface area is 75.7 Å². The van der Waals surface area contributed by atoms with Gasteiger partial charge < -0.3 is 9.47 Å². The molecule has 0 amide bonds. The molecular weight excluding hydrogens is 172 g/mol. The van der Waals surface area contributed by atoms with Crippen LogP contribution in [0.5, 0.6) is 5.88 Å². The number of esters is 1. The van der Waals surface area contributed by atoms with Gasteiger partial charge in [-0.3, -0.25) is 0 Å². The number of methoxy groups -OCH3 is 1. The number of ether oxygens (including phenoxy) is 2. The first-order valence-corrected chi connectivity index (χ1v) is 3.81. The third-order valence-electron chi connectivity index (χ3n) is 1.35. The second kappa shape index (κ2) is 4.39. The minimum atomic E-state index is -0.421. The zero-order valence-corrected chi connectivity index (χ0v) is 7.48. The average Bonchev–Trinajstić information content (AvgIpc) is 2.18. The number of hydrogen-bond acceptors (Lipinski definition) is 5. The van der Waals surface area contributed by atoms with E-state index in [2.05, 4.69) is 10.2 Å². The number of aromatic nitrogens is 2. The molecule has 0 aromatic carbocycles. The van der Waals surface area contributed by atoms with E-state index >= 15 is 0 Å². The molecule has 0 saturated heterocycles. The standard InChI is InChI=1S/C8H10N2O3/c1-3-13-8(11)6-4-7(12-2)10-9-5-6/h4-5H,3H2,1-2H3. The minimum Gasteiger partial charge on any atom is -0.480 e. The highest BCUT2D eigenvalue weighted by molar-refractivity contribution is 5.89. The van der Waals surface area contributed by atoms with Gasteiger partial charge in [0.15, 0.2) is 0 Å². The summed E-state index contributed by atoms with van der Waals surface area (Å²) in [5.41, 5.74) is 0.341. The minimum absolute atomic E-state index is 0.297. The molecule has 70 valence electrons. The highest BCUT2D eigenvalue weighted by Gasteiger charge is 2.07. The van der Waals surface area contributed by atoms with E-state index in [1.165, 1.54) is 19.4 Å². The fraction of sp³-hybridized carbons (Fsp3) is 0.375. The molecule has 1 heterocycles. The van der Waals surface area contributed by atoms with E-state index in [0.717, 1.165) is 0 Å². The highest BCUT2D eigenvalue weighted by atomic mass is 16.5. The van der Waals surface area contributed by atoms with E-state index in [0.29, 0.717) is 18.1 Å². The van der Waals surface area contributed by atoms with E-state index in [9.17, 15) is 4.79 Å².